The maximum absolute atomic E-state index is 7.34. The van der Waals surface area contributed by atoms with Crippen LogP contribution in [0.15, 0.2) is 6.07 Å². The van der Waals surface area contributed by atoms with Gasteiger partial charge in [0.1, 0.15) is 17.4 Å². The molecule has 0 spiro atoms. The van der Waals surface area contributed by atoms with Crippen LogP contribution in [-0.4, -0.2) is 22.9 Å². The lowest BCUT2D eigenvalue weighted by Crippen LogP contribution is -2.21. The Labute approximate surface area is 89.2 Å². The van der Waals surface area contributed by atoms with E-state index in [0.29, 0.717) is 17.4 Å². The molecule has 0 bridgehead atoms. The van der Waals surface area contributed by atoms with Crippen LogP contribution in [-0.2, 0) is 5.41 Å². The van der Waals surface area contributed by atoms with Gasteiger partial charge in [0.25, 0.3) is 0 Å². The summed E-state index contributed by atoms with van der Waals surface area (Å²) in [5.74, 6) is 0.966. The van der Waals surface area contributed by atoms with Gasteiger partial charge < -0.3 is 10.5 Å². The van der Waals surface area contributed by atoms with Crippen molar-refractivity contribution in [3.63, 3.8) is 0 Å². The number of nitrogen functional groups attached to an aromatic ring is 1. The van der Waals surface area contributed by atoms with Crippen LogP contribution in [0.2, 0.25) is 0 Å². The van der Waals surface area contributed by atoms with Crippen molar-refractivity contribution >= 4 is 5.84 Å². The highest BCUT2D eigenvalue weighted by atomic mass is 16.5. The third-order valence-electron chi connectivity index (χ3n) is 1.86. The first-order chi connectivity index (χ1) is 6.84. The van der Waals surface area contributed by atoms with Crippen molar-refractivity contribution < 1.29 is 4.74 Å². The second kappa shape index (κ2) is 3.84. The SMILES string of the molecule is COc1cc(C(=N)N)nc(C(C)(C)C)n1. The van der Waals surface area contributed by atoms with E-state index in [1.165, 1.54) is 7.11 Å². The van der Waals surface area contributed by atoms with Gasteiger partial charge in [0.15, 0.2) is 0 Å². The van der Waals surface area contributed by atoms with Crippen molar-refractivity contribution in [1.29, 1.82) is 5.41 Å². The number of nitrogens with one attached hydrogen (secondary N) is 1. The second-order valence-corrected chi connectivity index (χ2v) is 4.28. The summed E-state index contributed by atoms with van der Waals surface area (Å²) in [6.45, 7) is 5.98. The first kappa shape index (κ1) is 11.4. The van der Waals surface area contributed by atoms with Crippen molar-refractivity contribution in [2.45, 2.75) is 26.2 Å². The molecule has 0 aromatic carbocycles. The minimum absolute atomic E-state index is 0.0822. The predicted octanol–water partition coefficient (Wildman–Crippen LogP) is 1.07. The third kappa shape index (κ3) is 2.65. The largest absolute Gasteiger partial charge is 0.481 e. The van der Waals surface area contributed by atoms with Gasteiger partial charge in [0, 0.05) is 11.5 Å². The van der Waals surface area contributed by atoms with Gasteiger partial charge in [0.05, 0.1) is 7.11 Å². The monoisotopic (exact) mass is 208 g/mol. The number of aromatic nitrogens is 2. The molecular formula is C10H16N4O. The van der Waals surface area contributed by atoms with Crippen molar-refractivity contribution in [3.8, 4) is 5.88 Å². The highest BCUT2D eigenvalue weighted by molar-refractivity contribution is 5.93. The fourth-order valence-corrected chi connectivity index (χ4v) is 1.00. The molecule has 0 amide bonds. The van der Waals surface area contributed by atoms with E-state index in [4.69, 9.17) is 15.9 Å². The first-order valence-corrected chi connectivity index (χ1v) is 4.62. The van der Waals surface area contributed by atoms with Crippen LogP contribution in [0.25, 0.3) is 0 Å². The van der Waals surface area contributed by atoms with E-state index < -0.39 is 0 Å². The Morgan fingerprint density at radius 3 is 2.40 bits per heavy atom. The van der Waals surface area contributed by atoms with Crippen molar-refractivity contribution in [2.24, 2.45) is 5.73 Å². The van der Waals surface area contributed by atoms with Crippen LogP contribution in [0.1, 0.15) is 32.3 Å². The minimum Gasteiger partial charge on any atom is -0.481 e. The Morgan fingerprint density at radius 1 is 1.40 bits per heavy atom. The molecule has 0 aliphatic rings. The summed E-state index contributed by atoms with van der Waals surface area (Å²) in [6, 6.07) is 1.55. The Balaban J connectivity index is 3.30. The maximum atomic E-state index is 7.34. The summed E-state index contributed by atoms with van der Waals surface area (Å²) in [4.78, 5) is 8.43. The number of nitrogens with zero attached hydrogens (tertiary/aromatic N) is 2. The highest BCUT2D eigenvalue weighted by Gasteiger charge is 2.19. The average molecular weight is 208 g/mol. The van der Waals surface area contributed by atoms with E-state index in [1.807, 2.05) is 20.8 Å². The standard InChI is InChI=1S/C10H16N4O/c1-10(2,3)9-13-6(8(11)12)5-7(14-9)15-4/h5H,1-4H3,(H3,11,12). The molecule has 1 aromatic heterocycles. The molecule has 15 heavy (non-hydrogen) atoms. The van der Waals surface area contributed by atoms with Crippen LogP contribution >= 0.6 is 0 Å². The highest BCUT2D eigenvalue weighted by Crippen LogP contribution is 2.20. The van der Waals surface area contributed by atoms with E-state index >= 15 is 0 Å². The topological polar surface area (TPSA) is 84.9 Å². The molecule has 0 fully saturated rings. The van der Waals surface area contributed by atoms with E-state index in [-0.39, 0.29) is 11.3 Å². The zero-order valence-electron chi connectivity index (χ0n) is 9.46. The zero-order valence-corrected chi connectivity index (χ0v) is 9.46. The quantitative estimate of drug-likeness (QED) is 0.562. The molecular weight excluding hydrogens is 192 g/mol. The number of methoxy groups -OCH3 is 1. The number of rotatable bonds is 2. The average Bonchev–Trinajstić information content (AvgIpc) is 2.15. The molecule has 0 saturated carbocycles. The minimum atomic E-state index is -0.196. The van der Waals surface area contributed by atoms with E-state index in [9.17, 15) is 0 Å². The molecule has 0 aliphatic carbocycles. The van der Waals surface area contributed by atoms with Gasteiger partial charge in [-0.3, -0.25) is 5.41 Å². The molecule has 0 atom stereocenters. The summed E-state index contributed by atoms with van der Waals surface area (Å²) in [6.07, 6.45) is 0. The van der Waals surface area contributed by atoms with Crippen molar-refractivity contribution in [3.05, 3.63) is 17.6 Å². The molecule has 3 N–H and O–H groups in total. The normalized spacial score (nSPS) is 11.2. The van der Waals surface area contributed by atoms with Crippen LogP contribution < -0.4 is 10.5 Å². The van der Waals surface area contributed by atoms with Crippen molar-refractivity contribution in [2.75, 3.05) is 7.11 Å². The van der Waals surface area contributed by atoms with Gasteiger partial charge in [-0.2, -0.15) is 4.98 Å². The summed E-state index contributed by atoms with van der Waals surface area (Å²) in [7, 11) is 1.53. The molecule has 1 rings (SSSR count). The number of hydrogen-bond acceptors (Lipinski definition) is 4. The number of nitrogens with two attached hydrogens (primary N) is 1. The smallest absolute Gasteiger partial charge is 0.217 e. The van der Waals surface area contributed by atoms with Gasteiger partial charge in [-0.25, -0.2) is 4.98 Å². The van der Waals surface area contributed by atoms with Gasteiger partial charge >= 0.3 is 0 Å². The lowest BCUT2D eigenvalue weighted by molar-refractivity contribution is 0.388. The summed E-state index contributed by atoms with van der Waals surface area (Å²) < 4.78 is 5.04. The zero-order chi connectivity index (χ0) is 11.6. The van der Waals surface area contributed by atoms with Crippen LogP contribution in [0.3, 0.4) is 0 Å². The molecule has 0 aliphatic heterocycles. The molecule has 5 nitrogen and oxygen atoms in total. The Hall–Kier alpha value is -1.65. The molecule has 82 valence electrons. The van der Waals surface area contributed by atoms with Gasteiger partial charge in [-0.1, -0.05) is 20.8 Å². The van der Waals surface area contributed by atoms with Gasteiger partial charge in [-0.05, 0) is 0 Å². The Morgan fingerprint density at radius 2 is 2.00 bits per heavy atom. The van der Waals surface area contributed by atoms with Crippen LogP contribution in [0, 0.1) is 5.41 Å². The Bertz CT molecular complexity index is 381. The van der Waals surface area contributed by atoms with E-state index in [1.54, 1.807) is 6.07 Å². The summed E-state index contributed by atoms with van der Waals surface area (Å²) in [5.41, 5.74) is 5.59. The molecule has 1 heterocycles. The van der Waals surface area contributed by atoms with Gasteiger partial charge in [-0.15, -0.1) is 0 Å². The number of hydrogen-bond donors (Lipinski definition) is 2. The maximum Gasteiger partial charge on any atom is 0.217 e. The van der Waals surface area contributed by atoms with E-state index in [0.717, 1.165) is 0 Å². The third-order valence-corrected chi connectivity index (χ3v) is 1.86. The van der Waals surface area contributed by atoms with Crippen molar-refractivity contribution in [1.82, 2.24) is 9.97 Å². The lowest BCUT2D eigenvalue weighted by atomic mass is 9.95. The lowest BCUT2D eigenvalue weighted by Gasteiger charge is -2.17. The molecule has 5 heteroatoms. The fraction of sp³-hybridized carbons (Fsp3) is 0.500. The van der Waals surface area contributed by atoms with Crippen LogP contribution in [0.5, 0.6) is 5.88 Å². The molecule has 0 unspecified atom stereocenters. The van der Waals surface area contributed by atoms with E-state index in [2.05, 4.69) is 9.97 Å². The molecule has 0 radical (unpaired) electrons. The van der Waals surface area contributed by atoms with Crippen LogP contribution in [0.4, 0.5) is 0 Å². The summed E-state index contributed by atoms with van der Waals surface area (Å²) in [5, 5.41) is 7.34. The molecule has 1 aromatic rings. The molecule has 0 saturated heterocycles. The second-order valence-electron chi connectivity index (χ2n) is 4.28. The Kier molecular flexibility index (Phi) is 2.93. The van der Waals surface area contributed by atoms with Gasteiger partial charge in [0.2, 0.25) is 5.88 Å². The predicted molar refractivity (Wildman–Crippen MR) is 58.3 cm³/mol. The summed E-state index contributed by atoms with van der Waals surface area (Å²) >= 11 is 0. The number of ether oxygens (including phenoxy) is 1. The first-order valence-electron chi connectivity index (χ1n) is 4.62. The fourth-order valence-electron chi connectivity index (χ4n) is 1.00. The number of amidine groups is 1.